The van der Waals surface area contributed by atoms with E-state index in [0.29, 0.717) is 17.0 Å². The smallest absolute Gasteiger partial charge is 0.334 e. The molecule has 2 aromatic rings. The highest BCUT2D eigenvalue weighted by Gasteiger charge is 2.40. The minimum Gasteiger partial charge on any atom is -0.481 e. The summed E-state index contributed by atoms with van der Waals surface area (Å²) >= 11 is 0. The zero-order chi connectivity index (χ0) is 18.1. The van der Waals surface area contributed by atoms with Gasteiger partial charge < -0.3 is 14.8 Å². The van der Waals surface area contributed by atoms with E-state index in [2.05, 4.69) is 9.98 Å². The monoisotopic (exact) mass is 339 g/mol. The number of allylic oxidation sites excluding steroid dienone is 1. The van der Waals surface area contributed by atoms with Crippen LogP contribution in [-0.2, 0) is 9.59 Å². The van der Waals surface area contributed by atoms with Crippen molar-refractivity contribution in [2.75, 3.05) is 0 Å². The molecule has 2 unspecified atom stereocenters. The van der Waals surface area contributed by atoms with Gasteiger partial charge in [0.15, 0.2) is 0 Å². The lowest BCUT2D eigenvalue weighted by Crippen LogP contribution is -2.34. The summed E-state index contributed by atoms with van der Waals surface area (Å²) in [4.78, 5) is 31.6. The van der Waals surface area contributed by atoms with E-state index in [4.69, 9.17) is 0 Å². The SMILES string of the molecule is CC1=NC(C)=C(C(=O)O)C(c2ccc(-n3ccnc3)cc2)C1C(=O)O. The first-order valence-corrected chi connectivity index (χ1v) is 7.70. The van der Waals surface area contributed by atoms with E-state index in [1.807, 2.05) is 16.7 Å². The van der Waals surface area contributed by atoms with Crippen molar-refractivity contribution in [2.45, 2.75) is 19.8 Å². The standard InChI is InChI=1S/C18H17N3O4/c1-10-14(17(22)23)16(15(18(24)25)11(2)20-10)12-3-5-13(6-4-12)21-8-7-19-9-21/h3-9,14,16H,1-2H3,(H,22,23)(H,24,25). The average Bonchev–Trinajstić information content (AvgIpc) is 3.07. The molecular weight excluding hydrogens is 322 g/mol. The third kappa shape index (κ3) is 2.96. The molecule has 0 aliphatic carbocycles. The van der Waals surface area contributed by atoms with E-state index in [9.17, 15) is 19.8 Å². The summed E-state index contributed by atoms with van der Waals surface area (Å²) in [7, 11) is 0. The quantitative estimate of drug-likeness (QED) is 0.890. The number of rotatable bonds is 4. The molecule has 2 atom stereocenters. The van der Waals surface area contributed by atoms with Gasteiger partial charge in [-0.25, -0.2) is 9.78 Å². The Morgan fingerprint density at radius 2 is 1.80 bits per heavy atom. The number of carbonyl (C=O) groups is 2. The van der Waals surface area contributed by atoms with Crippen molar-refractivity contribution in [3.63, 3.8) is 0 Å². The molecule has 3 rings (SSSR count). The van der Waals surface area contributed by atoms with Gasteiger partial charge in [-0.1, -0.05) is 12.1 Å². The van der Waals surface area contributed by atoms with Crippen molar-refractivity contribution < 1.29 is 19.8 Å². The molecule has 0 saturated carbocycles. The van der Waals surface area contributed by atoms with Gasteiger partial charge in [0.1, 0.15) is 5.92 Å². The van der Waals surface area contributed by atoms with Crippen molar-refractivity contribution >= 4 is 17.7 Å². The second-order valence-electron chi connectivity index (χ2n) is 5.91. The summed E-state index contributed by atoms with van der Waals surface area (Å²) in [6, 6.07) is 7.13. The molecule has 1 aromatic carbocycles. The Hall–Kier alpha value is -3.22. The average molecular weight is 339 g/mol. The first-order chi connectivity index (χ1) is 11.9. The molecule has 0 spiro atoms. The van der Waals surface area contributed by atoms with Gasteiger partial charge in [0.2, 0.25) is 0 Å². The first-order valence-electron chi connectivity index (χ1n) is 7.70. The molecule has 2 heterocycles. The van der Waals surface area contributed by atoms with Crippen LogP contribution >= 0.6 is 0 Å². The number of aromatic nitrogens is 2. The molecule has 1 aliphatic heterocycles. The lowest BCUT2D eigenvalue weighted by molar-refractivity contribution is -0.140. The van der Waals surface area contributed by atoms with Crippen LogP contribution in [0.1, 0.15) is 25.3 Å². The maximum Gasteiger partial charge on any atom is 0.334 e. The van der Waals surface area contributed by atoms with Gasteiger partial charge >= 0.3 is 11.9 Å². The molecule has 1 aliphatic rings. The normalized spacial score (nSPS) is 20.3. The van der Waals surface area contributed by atoms with Crippen molar-refractivity contribution in [3.8, 4) is 5.69 Å². The molecule has 0 radical (unpaired) electrons. The predicted molar refractivity (Wildman–Crippen MR) is 90.9 cm³/mol. The summed E-state index contributed by atoms with van der Waals surface area (Å²) in [5, 5.41) is 19.2. The number of carboxylic acid groups (broad SMARTS) is 2. The molecule has 2 N–H and O–H groups in total. The second kappa shape index (κ2) is 6.35. The number of benzene rings is 1. The largest absolute Gasteiger partial charge is 0.481 e. The fraction of sp³-hybridized carbons (Fsp3) is 0.222. The van der Waals surface area contributed by atoms with Crippen LogP contribution in [0.15, 0.2) is 59.2 Å². The van der Waals surface area contributed by atoms with E-state index < -0.39 is 23.8 Å². The molecule has 1 aromatic heterocycles. The molecule has 7 nitrogen and oxygen atoms in total. The van der Waals surface area contributed by atoms with E-state index >= 15 is 0 Å². The van der Waals surface area contributed by atoms with Crippen LogP contribution in [0.4, 0.5) is 0 Å². The van der Waals surface area contributed by atoms with E-state index in [0.717, 1.165) is 5.69 Å². The molecule has 25 heavy (non-hydrogen) atoms. The van der Waals surface area contributed by atoms with Gasteiger partial charge in [-0.3, -0.25) is 9.79 Å². The molecule has 7 heteroatoms. The fourth-order valence-corrected chi connectivity index (χ4v) is 3.26. The predicted octanol–water partition coefficient (Wildman–Crippen LogP) is 2.49. The Balaban J connectivity index is 2.09. The Bertz CT molecular complexity index is 880. The zero-order valence-corrected chi connectivity index (χ0v) is 13.7. The Labute approximate surface area is 144 Å². The van der Waals surface area contributed by atoms with Crippen LogP contribution < -0.4 is 0 Å². The van der Waals surface area contributed by atoms with Gasteiger partial charge in [-0.15, -0.1) is 0 Å². The van der Waals surface area contributed by atoms with Gasteiger partial charge in [0.25, 0.3) is 0 Å². The Morgan fingerprint density at radius 3 is 2.32 bits per heavy atom. The highest BCUT2D eigenvalue weighted by molar-refractivity contribution is 6.06. The number of carboxylic acids is 2. The number of imidazole rings is 1. The van der Waals surface area contributed by atoms with Crippen LogP contribution in [0.25, 0.3) is 5.69 Å². The Morgan fingerprint density at radius 1 is 1.12 bits per heavy atom. The van der Waals surface area contributed by atoms with Crippen LogP contribution in [0.5, 0.6) is 0 Å². The van der Waals surface area contributed by atoms with Crippen LogP contribution in [0, 0.1) is 5.92 Å². The van der Waals surface area contributed by atoms with Crippen molar-refractivity contribution in [3.05, 3.63) is 59.8 Å². The maximum atomic E-state index is 11.8. The summed E-state index contributed by atoms with van der Waals surface area (Å²) in [6.07, 6.45) is 5.10. The minimum atomic E-state index is -1.15. The van der Waals surface area contributed by atoms with Gasteiger partial charge in [-0.2, -0.15) is 0 Å². The van der Waals surface area contributed by atoms with Crippen LogP contribution in [-0.4, -0.2) is 37.4 Å². The first kappa shape index (κ1) is 16.6. The summed E-state index contributed by atoms with van der Waals surface area (Å²) < 4.78 is 1.81. The fourth-order valence-electron chi connectivity index (χ4n) is 3.26. The van der Waals surface area contributed by atoms with Crippen molar-refractivity contribution in [1.29, 1.82) is 0 Å². The maximum absolute atomic E-state index is 11.8. The number of hydrogen-bond acceptors (Lipinski definition) is 4. The summed E-state index contributed by atoms with van der Waals surface area (Å²) in [5.41, 5.74) is 2.24. The van der Waals surface area contributed by atoms with Crippen molar-refractivity contribution in [2.24, 2.45) is 10.9 Å². The number of aliphatic carboxylic acids is 2. The van der Waals surface area contributed by atoms with E-state index in [1.54, 1.807) is 44.7 Å². The van der Waals surface area contributed by atoms with Gasteiger partial charge in [0, 0.05) is 35.4 Å². The molecule has 0 bridgehead atoms. The molecular formula is C18H17N3O4. The van der Waals surface area contributed by atoms with Gasteiger partial charge in [-0.05, 0) is 31.5 Å². The molecule has 0 saturated heterocycles. The zero-order valence-electron chi connectivity index (χ0n) is 13.7. The Kier molecular flexibility index (Phi) is 4.22. The van der Waals surface area contributed by atoms with Crippen molar-refractivity contribution in [1.82, 2.24) is 9.55 Å². The van der Waals surface area contributed by atoms with E-state index in [1.165, 1.54) is 0 Å². The highest BCUT2D eigenvalue weighted by Crippen LogP contribution is 2.39. The lowest BCUT2D eigenvalue weighted by atomic mass is 9.75. The van der Waals surface area contributed by atoms with Crippen LogP contribution in [0.3, 0.4) is 0 Å². The molecule has 128 valence electrons. The van der Waals surface area contributed by atoms with Crippen LogP contribution in [0.2, 0.25) is 0 Å². The lowest BCUT2D eigenvalue weighted by Gasteiger charge is -2.29. The topological polar surface area (TPSA) is 105 Å². The summed E-state index contributed by atoms with van der Waals surface area (Å²) in [6.45, 7) is 3.21. The number of aliphatic imine (C=N–C) groups is 1. The summed E-state index contributed by atoms with van der Waals surface area (Å²) in [5.74, 6) is -4.03. The van der Waals surface area contributed by atoms with E-state index in [-0.39, 0.29) is 5.57 Å². The minimum absolute atomic E-state index is 0.0216. The number of hydrogen-bond donors (Lipinski definition) is 2. The number of nitrogens with zero attached hydrogens (tertiary/aromatic N) is 3. The third-order valence-corrected chi connectivity index (χ3v) is 4.38. The second-order valence-corrected chi connectivity index (χ2v) is 5.91. The van der Waals surface area contributed by atoms with Gasteiger partial charge in [0.05, 0.1) is 11.9 Å². The molecule has 0 fully saturated rings. The third-order valence-electron chi connectivity index (χ3n) is 4.38. The highest BCUT2D eigenvalue weighted by atomic mass is 16.4. The molecule has 0 amide bonds.